The third kappa shape index (κ3) is 7.19. The summed E-state index contributed by atoms with van der Waals surface area (Å²) in [6.45, 7) is 9.63. The fourth-order valence-corrected chi connectivity index (χ4v) is 1.99. The monoisotopic (exact) mass is 265 g/mol. The first-order chi connectivity index (χ1) is 9.26. The smallest absolute Gasteiger partial charge is 0.119 e. The van der Waals surface area contributed by atoms with Crippen molar-refractivity contribution in [1.29, 1.82) is 0 Å². The number of rotatable bonds is 10. The van der Waals surface area contributed by atoms with Crippen LogP contribution in [0.4, 0.5) is 0 Å². The molecule has 0 fully saturated rings. The summed E-state index contributed by atoms with van der Waals surface area (Å²) in [6, 6.07) is 8.91. The quantitative estimate of drug-likeness (QED) is 0.660. The molecule has 0 aliphatic heterocycles. The van der Waals surface area contributed by atoms with Crippen molar-refractivity contribution in [1.82, 2.24) is 5.32 Å². The van der Waals surface area contributed by atoms with E-state index in [2.05, 4.69) is 43.4 Å². The van der Waals surface area contributed by atoms with Gasteiger partial charge in [0.2, 0.25) is 0 Å². The minimum atomic E-state index is 0.517. The van der Waals surface area contributed by atoms with E-state index in [-0.39, 0.29) is 0 Å². The highest BCUT2D eigenvalue weighted by atomic mass is 16.5. The molecule has 3 heteroatoms. The molecule has 0 aliphatic carbocycles. The molecule has 0 saturated carbocycles. The highest BCUT2D eigenvalue weighted by molar-refractivity contribution is 5.27. The third-order valence-electron chi connectivity index (χ3n) is 2.92. The van der Waals surface area contributed by atoms with E-state index in [0.717, 1.165) is 38.3 Å². The van der Waals surface area contributed by atoms with Crippen LogP contribution in [0.15, 0.2) is 24.3 Å². The van der Waals surface area contributed by atoms with Gasteiger partial charge in [0.15, 0.2) is 0 Å². The van der Waals surface area contributed by atoms with E-state index in [1.165, 1.54) is 5.56 Å². The van der Waals surface area contributed by atoms with E-state index in [1.807, 2.05) is 6.92 Å². The van der Waals surface area contributed by atoms with Crippen LogP contribution in [0.1, 0.15) is 32.8 Å². The lowest BCUT2D eigenvalue weighted by molar-refractivity contribution is 0.131. The second kappa shape index (κ2) is 9.82. The molecule has 0 amide bonds. The van der Waals surface area contributed by atoms with E-state index in [1.54, 1.807) is 0 Å². The Morgan fingerprint density at radius 2 is 1.84 bits per heavy atom. The second-order valence-electron chi connectivity index (χ2n) is 4.71. The van der Waals surface area contributed by atoms with Gasteiger partial charge in [0.05, 0.1) is 6.61 Å². The first kappa shape index (κ1) is 16.0. The molecule has 1 N–H and O–H groups in total. The molecule has 1 aromatic carbocycles. The molecular weight excluding hydrogens is 238 g/mol. The van der Waals surface area contributed by atoms with Gasteiger partial charge in [0, 0.05) is 25.7 Å². The average molecular weight is 265 g/mol. The predicted molar refractivity (Wildman–Crippen MR) is 79.9 cm³/mol. The zero-order chi connectivity index (χ0) is 13.9. The lowest BCUT2D eigenvalue weighted by Gasteiger charge is -2.12. The number of benzene rings is 1. The molecule has 0 radical (unpaired) electrons. The van der Waals surface area contributed by atoms with Crippen molar-refractivity contribution in [3.05, 3.63) is 29.8 Å². The SMILES string of the molecule is CCNC(C)Cc1ccc(OCCCOCC)cc1. The van der Waals surface area contributed by atoms with Crippen molar-refractivity contribution < 1.29 is 9.47 Å². The topological polar surface area (TPSA) is 30.5 Å². The van der Waals surface area contributed by atoms with Crippen molar-refractivity contribution >= 4 is 0 Å². The lowest BCUT2D eigenvalue weighted by atomic mass is 10.1. The summed E-state index contributed by atoms with van der Waals surface area (Å²) in [7, 11) is 0. The number of likely N-dealkylation sites (N-methyl/N-ethyl adjacent to an activating group) is 1. The predicted octanol–water partition coefficient (Wildman–Crippen LogP) is 3.03. The van der Waals surface area contributed by atoms with Crippen LogP contribution in [0.25, 0.3) is 0 Å². The van der Waals surface area contributed by atoms with Gasteiger partial charge in [-0.25, -0.2) is 0 Å². The van der Waals surface area contributed by atoms with Gasteiger partial charge in [-0.2, -0.15) is 0 Å². The molecule has 3 nitrogen and oxygen atoms in total. The first-order valence-corrected chi connectivity index (χ1v) is 7.29. The summed E-state index contributed by atoms with van der Waals surface area (Å²) in [5.41, 5.74) is 1.34. The fourth-order valence-electron chi connectivity index (χ4n) is 1.99. The summed E-state index contributed by atoms with van der Waals surface area (Å²) >= 11 is 0. The second-order valence-corrected chi connectivity index (χ2v) is 4.71. The largest absolute Gasteiger partial charge is 0.494 e. The Hall–Kier alpha value is -1.06. The van der Waals surface area contributed by atoms with Crippen LogP contribution in [-0.4, -0.2) is 32.4 Å². The molecule has 108 valence electrons. The van der Waals surface area contributed by atoms with Gasteiger partial charge in [0.25, 0.3) is 0 Å². The normalized spacial score (nSPS) is 12.4. The zero-order valence-electron chi connectivity index (χ0n) is 12.4. The molecular formula is C16H27NO2. The fraction of sp³-hybridized carbons (Fsp3) is 0.625. The summed E-state index contributed by atoms with van der Waals surface area (Å²) in [6.07, 6.45) is 1.99. The van der Waals surface area contributed by atoms with Crippen LogP contribution in [-0.2, 0) is 11.2 Å². The molecule has 0 saturated heterocycles. The van der Waals surface area contributed by atoms with Crippen molar-refractivity contribution in [2.45, 2.75) is 39.7 Å². The molecule has 1 rings (SSSR count). The first-order valence-electron chi connectivity index (χ1n) is 7.29. The maximum absolute atomic E-state index is 5.66. The number of hydrogen-bond donors (Lipinski definition) is 1. The Morgan fingerprint density at radius 3 is 2.47 bits per heavy atom. The van der Waals surface area contributed by atoms with E-state index in [9.17, 15) is 0 Å². The van der Waals surface area contributed by atoms with Gasteiger partial charge in [-0.15, -0.1) is 0 Å². The molecule has 0 aromatic heterocycles. The Balaban J connectivity index is 2.27. The van der Waals surface area contributed by atoms with Gasteiger partial charge >= 0.3 is 0 Å². The summed E-state index contributed by atoms with van der Waals surface area (Å²) < 4.78 is 10.9. The standard InChI is InChI=1S/C16H27NO2/c1-4-17-14(3)13-15-7-9-16(10-8-15)19-12-6-11-18-5-2/h7-10,14,17H,4-6,11-13H2,1-3H3. The Kier molecular flexibility index (Phi) is 8.26. The molecule has 0 spiro atoms. The average Bonchev–Trinajstić information content (AvgIpc) is 2.41. The minimum absolute atomic E-state index is 0.517. The van der Waals surface area contributed by atoms with Crippen LogP contribution in [0.2, 0.25) is 0 Å². The number of hydrogen-bond acceptors (Lipinski definition) is 3. The van der Waals surface area contributed by atoms with E-state index >= 15 is 0 Å². The van der Waals surface area contributed by atoms with E-state index < -0.39 is 0 Å². The number of ether oxygens (including phenoxy) is 2. The van der Waals surface area contributed by atoms with Gasteiger partial charge in [-0.1, -0.05) is 19.1 Å². The van der Waals surface area contributed by atoms with Gasteiger partial charge < -0.3 is 14.8 Å². The molecule has 0 bridgehead atoms. The maximum Gasteiger partial charge on any atom is 0.119 e. The van der Waals surface area contributed by atoms with Gasteiger partial charge in [0.1, 0.15) is 5.75 Å². The molecule has 1 unspecified atom stereocenters. The Morgan fingerprint density at radius 1 is 1.11 bits per heavy atom. The van der Waals surface area contributed by atoms with Gasteiger partial charge in [-0.05, 0) is 44.5 Å². The van der Waals surface area contributed by atoms with Gasteiger partial charge in [-0.3, -0.25) is 0 Å². The van der Waals surface area contributed by atoms with Crippen molar-refractivity contribution in [3.63, 3.8) is 0 Å². The molecule has 1 atom stereocenters. The maximum atomic E-state index is 5.66. The highest BCUT2D eigenvalue weighted by Crippen LogP contribution is 2.13. The Bertz CT molecular complexity index is 324. The Labute approximate surface area is 117 Å². The third-order valence-corrected chi connectivity index (χ3v) is 2.92. The molecule has 0 aliphatic rings. The molecule has 19 heavy (non-hydrogen) atoms. The summed E-state index contributed by atoms with van der Waals surface area (Å²) in [4.78, 5) is 0. The summed E-state index contributed by atoms with van der Waals surface area (Å²) in [5, 5.41) is 3.42. The minimum Gasteiger partial charge on any atom is -0.494 e. The highest BCUT2D eigenvalue weighted by Gasteiger charge is 2.02. The number of nitrogens with one attached hydrogen (secondary N) is 1. The van der Waals surface area contributed by atoms with Crippen LogP contribution in [0.5, 0.6) is 5.75 Å². The van der Waals surface area contributed by atoms with Crippen LogP contribution in [0, 0.1) is 0 Å². The molecule has 0 heterocycles. The van der Waals surface area contributed by atoms with Crippen molar-refractivity contribution in [2.24, 2.45) is 0 Å². The van der Waals surface area contributed by atoms with Crippen molar-refractivity contribution in [3.8, 4) is 5.75 Å². The van der Waals surface area contributed by atoms with E-state index in [4.69, 9.17) is 9.47 Å². The van der Waals surface area contributed by atoms with Crippen molar-refractivity contribution in [2.75, 3.05) is 26.4 Å². The molecule has 1 aromatic rings. The summed E-state index contributed by atoms with van der Waals surface area (Å²) in [5.74, 6) is 0.941. The lowest BCUT2D eigenvalue weighted by Crippen LogP contribution is -2.27. The van der Waals surface area contributed by atoms with Crippen LogP contribution < -0.4 is 10.1 Å². The van der Waals surface area contributed by atoms with Crippen LogP contribution in [0.3, 0.4) is 0 Å². The van der Waals surface area contributed by atoms with Crippen LogP contribution >= 0.6 is 0 Å². The zero-order valence-corrected chi connectivity index (χ0v) is 12.4. The van der Waals surface area contributed by atoms with E-state index in [0.29, 0.717) is 12.6 Å².